The van der Waals surface area contributed by atoms with Crippen LogP contribution in [0.1, 0.15) is 25.0 Å². The minimum atomic E-state index is -0.127. The van der Waals surface area contributed by atoms with Crippen LogP contribution in [0, 0.1) is 0 Å². The first-order valence-electron chi connectivity index (χ1n) is 22.5. The molecular formula is C61H41N3O. The molecular weight excluding hydrogens is 791 g/mol. The molecule has 14 rings (SSSR count). The molecule has 0 radical (unpaired) electrons. The van der Waals surface area contributed by atoms with E-state index in [0.717, 1.165) is 66.2 Å². The number of para-hydroxylation sites is 1. The van der Waals surface area contributed by atoms with Crippen molar-refractivity contribution in [3.8, 4) is 28.2 Å². The third-order valence-electron chi connectivity index (χ3n) is 14.2. The summed E-state index contributed by atoms with van der Waals surface area (Å²) in [5, 5.41) is 9.32. The zero-order valence-corrected chi connectivity index (χ0v) is 36.0. The SMILES string of the molecule is CC1(C)c2ccccc2-c2ccc(-n3c4cccc(c4)c4cccc(c4)n(-c4ccc5c(c4)c4ccccc4n5-c4cccc5ccccc45)c4ccc5oc6ccc3cc6c5c4)cc21. The summed E-state index contributed by atoms with van der Waals surface area (Å²) in [5.74, 6) is 0. The second-order valence-electron chi connectivity index (χ2n) is 18.2. The fraction of sp³-hybridized carbons (Fsp3) is 0.0492. The van der Waals surface area contributed by atoms with Gasteiger partial charge in [-0.1, -0.05) is 123 Å². The van der Waals surface area contributed by atoms with Gasteiger partial charge in [-0.3, -0.25) is 0 Å². The van der Waals surface area contributed by atoms with Crippen molar-refractivity contribution in [3.63, 3.8) is 0 Å². The van der Waals surface area contributed by atoms with E-state index >= 15 is 0 Å². The maximum atomic E-state index is 6.62. The van der Waals surface area contributed by atoms with E-state index in [-0.39, 0.29) is 5.41 Å². The highest BCUT2D eigenvalue weighted by Gasteiger charge is 2.35. The molecule has 8 bridgehead atoms. The average molecular weight is 832 g/mol. The van der Waals surface area contributed by atoms with Crippen molar-refractivity contribution in [3.05, 3.63) is 223 Å². The predicted molar refractivity (Wildman–Crippen MR) is 272 cm³/mol. The molecule has 0 spiro atoms. The summed E-state index contributed by atoms with van der Waals surface area (Å²) < 4.78 is 13.9. The quantitative estimate of drug-likeness (QED) is 0.174. The Balaban J connectivity index is 1.05. The van der Waals surface area contributed by atoms with Crippen molar-refractivity contribution < 1.29 is 4.42 Å². The highest BCUT2D eigenvalue weighted by Crippen LogP contribution is 2.49. The van der Waals surface area contributed by atoms with Gasteiger partial charge in [-0.25, -0.2) is 0 Å². The van der Waals surface area contributed by atoms with Crippen LogP contribution in [-0.2, 0) is 5.41 Å². The highest BCUT2D eigenvalue weighted by molar-refractivity contribution is 6.12. The minimum Gasteiger partial charge on any atom is -0.456 e. The highest BCUT2D eigenvalue weighted by atomic mass is 16.3. The van der Waals surface area contributed by atoms with E-state index in [4.69, 9.17) is 4.42 Å². The van der Waals surface area contributed by atoms with Crippen molar-refractivity contribution in [2.24, 2.45) is 0 Å². The van der Waals surface area contributed by atoms with Gasteiger partial charge < -0.3 is 18.1 Å². The molecule has 0 unspecified atom stereocenters. The smallest absolute Gasteiger partial charge is 0.135 e. The molecule has 0 amide bonds. The van der Waals surface area contributed by atoms with Gasteiger partial charge in [0.2, 0.25) is 0 Å². The largest absolute Gasteiger partial charge is 0.456 e. The van der Waals surface area contributed by atoms with Gasteiger partial charge >= 0.3 is 0 Å². The normalized spacial score (nSPS) is 13.2. The Morgan fingerprint density at radius 3 is 1.65 bits per heavy atom. The molecule has 0 saturated heterocycles. The Labute approximate surface area is 374 Å². The number of nitrogens with zero attached hydrogens (tertiary/aromatic N) is 3. The van der Waals surface area contributed by atoms with Gasteiger partial charge in [0, 0.05) is 65.8 Å². The fourth-order valence-corrected chi connectivity index (χ4v) is 11.2. The Hall–Kier alpha value is -8.34. The van der Waals surface area contributed by atoms with E-state index in [1.165, 1.54) is 60.5 Å². The lowest BCUT2D eigenvalue weighted by molar-refractivity contribution is 0.660. The fourth-order valence-electron chi connectivity index (χ4n) is 11.2. The third kappa shape index (κ3) is 5.25. The number of hydrogen-bond donors (Lipinski definition) is 0. The second kappa shape index (κ2) is 13.3. The van der Waals surface area contributed by atoms with Crippen molar-refractivity contribution in [1.29, 1.82) is 0 Å². The van der Waals surface area contributed by atoms with Crippen molar-refractivity contribution in [2.45, 2.75) is 19.3 Å². The number of hydrogen-bond acceptors (Lipinski definition) is 1. The standard InChI is InChI=1S/C61H41N3O/c1-61(2)54-21-7-5-19-48(54)49-28-24-46(37-55(49)61)63-42-17-10-15-40(33-42)39-14-9-16-41(32-39)62(44-26-30-59-52(35-44)53-36-45(63)27-31-60(53)65-59)43-25-29-58-51(34-43)50-20-6-8-22-57(50)64(58)56-23-11-13-38-12-3-4-18-47(38)56/h3-37H,1-2H3. The molecule has 65 heavy (non-hydrogen) atoms. The lowest BCUT2D eigenvalue weighted by atomic mass is 9.82. The second-order valence-corrected chi connectivity index (χ2v) is 18.2. The monoisotopic (exact) mass is 831 g/mol. The Bertz CT molecular complexity index is 4220. The van der Waals surface area contributed by atoms with E-state index in [9.17, 15) is 0 Å². The van der Waals surface area contributed by atoms with Crippen LogP contribution in [0.2, 0.25) is 0 Å². The summed E-state index contributed by atoms with van der Waals surface area (Å²) in [6.07, 6.45) is 0. The summed E-state index contributed by atoms with van der Waals surface area (Å²) in [6, 6.07) is 78.2. The molecule has 0 N–H and O–H groups in total. The topological polar surface area (TPSA) is 27.9 Å². The summed E-state index contributed by atoms with van der Waals surface area (Å²) in [6.45, 7) is 4.70. The maximum Gasteiger partial charge on any atom is 0.135 e. The Morgan fingerprint density at radius 2 is 0.892 bits per heavy atom. The van der Waals surface area contributed by atoms with Crippen molar-refractivity contribution >= 4 is 87.4 Å². The van der Waals surface area contributed by atoms with Gasteiger partial charge in [-0.2, -0.15) is 0 Å². The summed E-state index contributed by atoms with van der Waals surface area (Å²) in [5.41, 5.74) is 17.0. The minimum absolute atomic E-state index is 0.127. The molecule has 0 saturated carbocycles. The van der Waals surface area contributed by atoms with Gasteiger partial charge in [0.25, 0.3) is 0 Å². The molecule has 0 atom stereocenters. The molecule has 4 nitrogen and oxygen atoms in total. The summed E-state index contributed by atoms with van der Waals surface area (Å²) >= 11 is 0. The summed E-state index contributed by atoms with van der Waals surface area (Å²) in [4.78, 5) is 0. The van der Waals surface area contributed by atoms with Crippen LogP contribution in [0.4, 0.5) is 0 Å². The zero-order chi connectivity index (χ0) is 43.0. The lowest BCUT2D eigenvalue weighted by Crippen LogP contribution is -2.15. The average Bonchev–Trinajstić information content (AvgIpc) is 3.96. The Kier molecular flexibility index (Phi) is 7.42. The molecule has 3 aromatic heterocycles. The molecule has 13 aromatic rings. The van der Waals surface area contributed by atoms with Crippen molar-refractivity contribution in [2.75, 3.05) is 0 Å². The molecule has 1 aliphatic carbocycles. The molecule has 0 fully saturated rings. The molecule has 3 heterocycles. The van der Waals surface area contributed by atoms with Crippen LogP contribution in [0.25, 0.3) is 116 Å². The van der Waals surface area contributed by atoms with Crippen LogP contribution >= 0.6 is 0 Å². The van der Waals surface area contributed by atoms with Crippen molar-refractivity contribution in [1.82, 2.24) is 13.7 Å². The van der Waals surface area contributed by atoms with Crippen LogP contribution in [0.5, 0.6) is 0 Å². The van der Waals surface area contributed by atoms with Gasteiger partial charge in [-0.05, 0) is 142 Å². The maximum absolute atomic E-state index is 6.62. The summed E-state index contributed by atoms with van der Waals surface area (Å²) in [7, 11) is 0. The third-order valence-corrected chi connectivity index (χ3v) is 14.2. The number of aromatic nitrogens is 3. The molecule has 4 heteroatoms. The Morgan fingerprint density at radius 1 is 0.338 bits per heavy atom. The van der Waals surface area contributed by atoms with Gasteiger partial charge in [0.1, 0.15) is 11.2 Å². The molecule has 0 aliphatic heterocycles. The zero-order valence-electron chi connectivity index (χ0n) is 36.0. The number of fused-ring (bicyclic) bond motifs is 14. The number of rotatable bonds is 3. The van der Waals surface area contributed by atoms with Crippen LogP contribution in [-0.4, -0.2) is 13.7 Å². The number of benzene rings is 10. The first-order chi connectivity index (χ1) is 32.0. The van der Waals surface area contributed by atoms with Gasteiger partial charge in [-0.15, -0.1) is 0 Å². The lowest BCUT2D eigenvalue weighted by Gasteiger charge is -2.22. The molecule has 10 aromatic carbocycles. The predicted octanol–water partition coefficient (Wildman–Crippen LogP) is 16.3. The first kappa shape index (κ1) is 36.2. The van der Waals surface area contributed by atoms with E-state index in [1.54, 1.807) is 0 Å². The van der Waals surface area contributed by atoms with Crippen LogP contribution in [0.15, 0.2) is 217 Å². The van der Waals surface area contributed by atoms with E-state index in [1.807, 2.05) is 0 Å². The number of furan rings is 1. The first-order valence-corrected chi connectivity index (χ1v) is 22.5. The van der Waals surface area contributed by atoms with E-state index in [2.05, 4.69) is 240 Å². The molecule has 1 aliphatic rings. The van der Waals surface area contributed by atoms with E-state index < -0.39 is 0 Å². The van der Waals surface area contributed by atoms with Gasteiger partial charge in [0.05, 0.1) is 16.7 Å². The van der Waals surface area contributed by atoms with Crippen LogP contribution in [0.3, 0.4) is 0 Å². The van der Waals surface area contributed by atoms with E-state index in [0.29, 0.717) is 0 Å². The van der Waals surface area contributed by atoms with Gasteiger partial charge in [0.15, 0.2) is 0 Å². The molecule has 306 valence electrons. The van der Waals surface area contributed by atoms with Crippen LogP contribution < -0.4 is 0 Å².